The average Bonchev–Trinajstić information content (AvgIpc) is 2.81. The number of hydrogen-bond acceptors (Lipinski definition) is 3. The Morgan fingerprint density at radius 3 is 2.94 bits per heavy atom. The van der Waals surface area contributed by atoms with Crippen molar-refractivity contribution in [2.24, 2.45) is 0 Å². The lowest BCUT2D eigenvalue weighted by Gasteiger charge is -2.13. The topological polar surface area (TPSA) is 49.8 Å². The molecule has 2 rings (SSSR count). The molecule has 1 aliphatic rings. The number of aromatic hydroxyl groups is 1. The number of rotatable bonds is 3. The van der Waals surface area contributed by atoms with Gasteiger partial charge in [0.1, 0.15) is 5.75 Å². The van der Waals surface area contributed by atoms with Gasteiger partial charge in [0, 0.05) is 6.42 Å². The highest BCUT2D eigenvalue weighted by Crippen LogP contribution is 2.18. The van der Waals surface area contributed by atoms with Crippen molar-refractivity contribution in [3.63, 3.8) is 0 Å². The van der Waals surface area contributed by atoms with Crippen LogP contribution in [0.2, 0.25) is 0 Å². The fourth-order valence-corrected chi connectivity index (χ4v) is 1.73. The standard InChI is InChI=1S/C12H15NO3/c14-11-5-2-1-4-10(11)6-7-12(15)13-8-3-9-16-13/h1-2,4-5,14H,3,6-9H2. The Bertz CT molecular complexity index is 372. The fraction of sp³-hybridized carbons (Fsp3) is 0.417. The first kappa shape index (κ1) is 11.0. The molecule has 1 aromatic rings. The van der Waals surface area contributed by atoms with Gasteiger partial charge in [-0.25, -0.2) is 5.06 Å². The smallest absolute Gasteiger partial charge is 0.246 e. The lowest BCUT2D eigenvalue weighted by molar-refractivity contribution is -0.168. The Balaban J connectivity index is 1.87. The maximum Gasteiger partial charge on any atom is 0.246 e. The second-order valence-electron chi connectivity index (χ2n) is 3.81. The zero-order valence-electron chi connectivity index (χ0n) is 9.06. The van der Waals surface area contributed by atoms with Crippen LogP contribution in [0.4, 0.5) is 0 Å². The Morgan fingerprint density at radius 1 is 1.44 bits per heavy atom. The summed E-state index contributed by atoms with van der Waals surface area (Å²) in [5, 5.41) is 10.9. The molecule has 1 heterocycles. The third-order valence-corrected chi connectivity index (χ3v) is 2.63. The molecular weight excluding hydrogens is 206 g/mol. The number of hydroxylamine groups is 2. The summed E-state index contributed by atoms with van der Waals surface area (Å²) in [6, 6.07) is 7.08. The van der Waals surface area contributed by atoms with E-state index in [1.807, 2.05) is 12.1 Å². The molecule has 0 radical (unpaired) electrons. The van der Waals surface area contributed by atoms with E-state index < -0.39 is 0 Å². The molecule has 1 amide bonds. The molecule has 1 aromatic carbocycles. The van der Waals surface area contributed by atoms with Gasteiger partial charge in [0.15, 0.2) is 0 Å². The summed E-state index contributed by atoms with van der Waals surface area (Å²) in [4.78, 5) is 16.8. The summed E-state index contributed by atoms with van der Waals surface area (Å²) >= 11 is 0. The van der Waals surface area contributed by atoms with Gasteiger partial charge in [-0.3, -0.25) is 9.63 Å². The Morgan fingerprint density at radius 2 is 2.25 bits per heavy atom. The maximum absolute atomic E-state index is 11.6. The second kappa shape index (κ2) is 4.99. The van der Waals surface area contributed by atoms with E-state index in [1.165, 1.54) is 5.06 Å². The number of benzene rings is 1. The number of phenolic OH excluding ortho intramolecular Hbond substituents is 1. The number of phenols is 1. The molecular formula is C12H15NO3. The van der Waals surface area contributed by atoms with Gasteiger partial charge in [-0.15, -0.1) is 0 Å². The number of nitrogens with zero attached hydrogens (tertiary/aromatic N) is 1. The minimum Gasteiger partial charge on any atom is -0.508 e. The molecule has 16 heavy (non-hydrogen) atoms. The molecule has 1 N–H and O–H groups in total. The van der Waals surface area contributed by atoms with E-state index in [0.29, 0.717) is 26.0 Å². The number of carbonyl (C=O) groups is 1. The monoisotopic (exact) mass is 221 g/mol. The van der Waals surface area contributed by atoms with Crippen LogP contribution >= 0.6 is 0 Å². The van der Waals surface area contributed by atoms with Crippen molar-refractivity contribution in [1.29, 1.82) is 0 Å². The molecule has 0 saturated carbocycles. The molecule has 0 atom stereocenters. The van der Waals surface area contributed by atoms with E-state index in [9.17, 15) is 9.90 Å². The number of hydrogen-bond donors (Lipinski definition) is 1. The normalized spacial score (nSPS) is 15.4. The first-order valence-corrected chi connectivity index (χ1v) is 5.47. The average molecular weight is 221 g/mol. The lowest BCUT2D eigenvalue weighted by Crippen LogP contribution is -2.26. The predicted octanol–water partition coefficient (Wildman–Crippen LogP) is 1.49. The summed E-state index contributed by atoms with van der Waals surface area (Å²) in [6.07, 6.45) is 1.82. The van der Waals surface area contributed by atoms with Crippen LogP contribution in [0.5, 0.6) is 5.75 Å². The van der Waals surface area contributed by atoms with Gasteiger partial charge in [0.25, 0.3) is 0 Å². The van der Waals surface area contributed by atoms with Gasteiger partial charge in [-0.1, -0.05) is 18.2 Å². The third kappa shape index (κ3) is 2.52. The highest BCUT2D eigenvalue weighted by molar-refractivity contribution is 5.75. The molecule has 0 spiro atoms. The molecule has 86 valence electrons. The molecule has 0 bridgehead atoms. The van der Waals surface area contributed by atoms with Crippen LogP contribution in [0.3, 0.4) is 0 Å². The fourth-order valence-electron chi connectivity index (χ4n) is 1.73. The van der Waals surface area contributed by atoms with Crippen molar-refractivity contribution in [2.75, 3.05) is 13.2 Å². The lowest BCUT2D eigenvalue weighted by atomic mass is 10.1. The number of amides is 1. The summed E-state index contributed by atoms with van der Waals surface area (Å²) in [6.45, 7) is 1.31. The Kier molecular flexibility index (Phi) is 3.41. The van der Waals surface area contributed by atoms with Crippen molar-refractivity contribution in [3.8, 4) is 5.75 Å². The second-order valence-corrected chi connectivity index (χ2v) is 3.81. The van der Waals surface area contributed by atoms with Crippen molar-refractivity contribution in [3.05, 3.63) is 29.8 Å². The highest BCUT2D eigenvalue weighted by atomic mass is 16.7. The van der Waals surface area contributed by atoms with Crippen LogP contribution in [0.25, 0.3) is 0 Å². The molecule has 1 aliphatic heterocycles. The molecule has 0 unspecified atom stereocenters. The molecule has 0 aromatic heterocycles. The SMILES string of the molecule is O=C(CCc1ccccc1O)N1CCCO1. The molecule has 4 heteroatoms. The van der Waals surface area contributed by atoms with E-state index in [1.54, 1.807) is 12.1 Å². The number of carbonyl (C=O) groups excluding carboxylic acids is 1. The Labute approximate surface area is 94.4 Å². The largest absolute Gasteiger partial charge is 0.508 e. The van der Waals surface area contributed by atoms with Crippen molar-refractivity contribution >= 4 is 5.91 Å². The molecule has 1 fully saturated rings. The van der Waals surface area contributed by atoms with E-state index in [4.69, 9.17) is 4.84 Å². The van der Waals surface area contributed by atoms with E-state index in [2.05, 4.69) is 0 Å². The Hall–Kier alpha value is -1.55. The first-order valence-electron chi connectivity index (χ1n) is 5.47. The first-order chi connectivity index (χ1) is 7.77. The van der Waals surface area contributed by atoms with Gasteiger partial charge in [-0.05, 0) is 24.5 Å². The number of aryl methyl sites for hydroxylation is 1. The number of para-hydroxylation sites is 1. The van der Waals surface area contributed by atoms with E-state index in [-0.39, 0.29) is 11.7 Å². The van der Waals surface area contributed by atoms with Crippen LogP contribution in [0.1, 0.15) is 18.4 Å². The van der Waals surface area contributed by atoms with Gasteiger partial charge >= 0.3 is 0 Å². The molecule has 0 aliphatic carbocycles. The van der Waals surface area contributed by atoms with Gasteiger partial charge in [0.05, 0.1) is 13.2 Å². The van der Waals surface area contributed by atoms with E-state index >= 15 is 0 Å². The van der Waals surface area contributed by atoms with Crippen molar-refractivity contribution in [1.82, 2.24) is 5.06 Å². The van der Waals surface area contributed by atoms with Crippen LogP contribution in [0.15, 0.2) is 24.3 Å². The minimum absolute atomic E-state index is 0.0132. The predicted molar refractivity (Wildman–Crippen MR) is 58.7 cm³/mol. The van der Waals surface area contributed by atoms with E-state index in [0.717, 1.165) is 12.0 Å². The third-order valence-electron chi connectivity index (χ3n) is 2.63. The van der Waals surface area contributed by atoms with Crippen molar-refractivity contribution < 1.29 is 14.7 Å². The minimum atomic E-state index is -0.0132. The van der Waals surface area contributed by atoms with Crippen LogP contribution in [0, 0.1) is 0 Å². The summed E-state index contributed by atoms with van der Waals surface area (Å²) in [7, 11) is 0. The quantitative estimate of drug-likeness (QED) is 0.841. The molecule has 1 saturated heterocycles. The van der Waals surface area contributed by atoms with Gasteiger partial charge in [0.2, 0.25) is 5.91 Å². The summed E-state index contributed by atoms with van der Waals surface area (Å²) < 4.78 is 0. The highest BCUT2D eigenvalue weighted by Gasteiger charge is 2.18. The van der Waals surface area contributed by atoms with Crippen LogP contribution < -0.4 is 0 Å². The maximum atomic E-state index is 11.6. The zero-order chi connectivity index (χ0) is 11.4. The van der Waals surface area contributed by atoms with Crippen LogP contribution in [-0.2, 0) is 16.1 Å². The summed E-state index contributed by atoms with van der Waals surface area (Å²) in [5.74, 6) is 0.235. The van der Waals surface area contributed by atoms with Gasteiger partial charge < -0.3 is 5.11 Å². The van der Waals surface area contributed by atoms with Crippen LogP contribution in [-0.4, -0.2) is 29.2 Å². The summed E-state index contributed by atoms with van der Waals surface area (Å²) in [5.41, 5.74) is 0.801. The van der Waals surface area contributed by atoms with Gasteiger partial charge in [-0.2, -0.15) is 0 Å². The van der Waals surface area contributed by atoms with Crippen molar-refractivity contribution in [2.45, 2.75) is 19.3 Å². The molecule has 4 nitrogen and oxygen atoms in total. The zero-order valence-corrected chi connectivity index (χ0v) is 9.06.